The Bertz CT molecular complexity index is 2180. The molecule has 3 heteroatoms. The average molecular weight is 588 g/mol. The predicted octanol–water partition coefficient (Wildman–Crippen LogP) is 9.66. The fourth-order valence-corrected chi connectivity index (χ4v) is 8.53. The number of nitrogens with zero attached hydrogens (tertiary/aromatic N) is 2. The van der Waals surface area contributed by atoms with E-state index in [1.165, 1.54) is 47.1 Å². The standard InChI is InChI=1S/C38H24N2Se/c1-3-11-25(12-4-1)26-21-23-28(24-22-26)35-36(40-34-20-8-7-19-33(34)39-35)32-18-10-17-31-30-16-9-15-29(37(30)41-38(31)32)27-13-5-2-6-14-27/h1-24H. The molecule has 0 atom stereocenters. The Morgan fingerprint density at radius 3 is 1.49 bits per heavy atom. The van der Waals surface area contributed by atoms with Gasteiger partial charge in [-0.15, -0.1) is 0 Å². The predicted molar refractivity (Wildman–Crippen MR) is 173 cm³/mol. The van der Waals surface area contributed by atoms with Gasteiger partial charge in [0.05, 0.1) is 0 Å². The van der Waals surface area contributed by atoms with Crippen LogP contribution in [0, 0.1) is 0 Å². The van der Waals surface area contributed by atoms with Crippen LogP contribution in [0.15, 0.2) is 146 Å². The Kier molecular flexibility index (Phi) is 5.84. The van der Waals surface area contributed by atoms with Crippen molar-refractivity contribution in [3.05, 3.63) is 146 Å². The van der Waals surface area contributed by atoms with Crippen LogP contribution in [0.5, 0.6) is 0 Å². The van der Waals surface area contributed by atoms with Gasteiger partial charge in [-0.1, -0.05) is 0 Å². The van der Waals surface area contributed by atoms with E-state index in [0.29, 0.717) is 0 Å². The van der Waals surface area contributed by atoms with Crippen molar-refractivity contribution in [3.63, 3.8) is 0 Å². The second kappa shape index (κ2) is 9.98. The molecule has 0 aliphatic rings. The van der Waals surface area contributed by atoms with Crippen LogP contribution in [0.1, 0.15) is 0 Å². The summed E-state index contributed by atoms with van der Waals surface area (Å²) in [7, 11) is 0. The Hall–Kier alpha value is -4.82. The van der Waals surface area contributed by atoms with Gasteiger partial charge < -0.3 is 0 Å². The molecule has 0 aliphatic carbocycles. The van der Waals surface area contributed by atoms with Gasteiger partial charge in [-0.25, -0.2) is 0 Å². The quantitative estimate of drug-likeness (QED) is 0.192. The van der Waals surface area contributed by atoms with Crippen LogP contribution >= 0.6 is 0 Å². The van der Waals surface area contributed by atoms with E-state index in [2.05, 4.69) is 133 Å². The van der Waals surface area contributed by atoms with E-state index in [0.717, 1.165) is 28.0 Å². The molecule has 192 valence electrons. The molecule has 2 heterocycles. The van der Waals surface area contributed by atoms with Crippen LogP contribution in [0.4, 0.5) is 0 Å². The first-order valence-electron chi connectivity index (χ1n) is 13.8. The van der Waals surface area contributed by atoms with Crippen molar-refractivity contribution in [2.75, 3.05) is 0 Å². The summed E-state index contributed by atoms with van der Waals surface area (Å²) < 4.78 is 2.82. The van der Waals surface area contributed by atoms with Crippen molar-refractivity contribution in [2.45, 2.75) is 0 Å². The normalized spacial score (nSPS) is 11.4. The molecule has 8 aromatic rings. The third-order valence-electron chi connectivity index (χ3n) is 7.70. The zero-order chi connectivity index (χ0) is 27.2. The molecule has 0 amide bonds. The molecule has 0 N–H and O–H groups in total. The summed E-state index contributed by atoms with van der Waals surface area (Å²) >= 11 is 0.134. The number of para-hydroxylation sites is 2. The monoisotopic (exact) mass is 588 g/mol. The Morgan fingerprint density at radius 1 is 0.341 bits per heavy atom. The first-order chi connectivity index (χ1) is 20.3. The van der Waals surface area contributed by atoms with E-state index in [1.807, 2.05) is 12.1 Å². The van der Waals surface area contributed by atoms with Gasteiger partial charge in [0.15, 0.2) is 0 Å². The fourth-order valence-electron chi connectivity index (χ4n) is 5.69. The molecule has 2 nitrogen and oxygen atoms in total. The van der Waals surface area contributed by atoms with Crippen molar-refractivity contribution >= 4 is 44.8 Å². The van der Waals surface area contributed by atoms with Gasteiger partial charge in [0.1, 0.15) is 0 Å². The minimum atomic E-state index is 0.134. The average Bonchev–Trinajstić information content (AvgIpc) is 3.44. The molecule has 8 rings (SSSR count). The maximum atomic E-state index is 5.27. The van der Waals surface area contributed by atoms with Gasteiger partial charge in [0, 0.05) is 0 Å². The van der Waals surface area contributed by atoms with E-state index < -0.39 is 0 Å². The minimum absolute atomic E-state index is 0.134. The topological polar surface area (TPSA) is 25.8 Å². The Labute approximate surface area is 244 Å². The molecular formula is C38H24N2Se. The van der Waals surface area contributed by atoms with Crippen LogP contribution in [-0.2, 0) is 0 Å². The molecule has 0 saturated heterocycles. The molecular weight excluding hydrogens is 563 g/mol. The summed E-state index contributed by atoms with van der Waals surface area (Å²) in [6.07, 6.45) is 0. The summed E-state index contributed by atoms with van der Waals surface area (Å²) in [5, 5.41) is 2.65. The third kappa shape index (κ3) is 4.19. The molecule has 0 radical (unpaired) electrons. The second-order valence-corrected chi connectivity index (χ2v) is 12.3. The van der Waals surface area contributed by atoms with Crippen LogP contribution < -0.4 is 0 Å². The van der Waals surface area contributed by atoms with Crippen molar-refractivity contribution in [1.29, 1.82) is 0 Å². The van der Waals surface area contributed by atoms with Gasteiger partial charge in [-0.05, 0) is 0 Å². The number of aromatic nitrogens is 2. The van der Waals surface area contributed by atoms with Gasteiger partial charge in [0.25, 0.3) is 0 Å². The van der Waals surface area contributed by atoms with Gasteiger partial charge in [-0.3, -0.25) is 0 Å². The summed E-state index contributed by atoms with van der Waals surface area (Å²) in [5.74, 6) is 0. The molecule has 0 fully saturated rings. The van der Waals surface area contributed by atoms with Gasteiger partial charge in [0.2, 0.25) is 0 Å². The van der Waals surface area contributed by atoms with Crippen molar-refractivity contribution < 1.29 is 0 Å². The van der Waals surface area contributed by atoms with E-state index in [-0.39, 0.29) is 14.5 Å². The summed E-state index contributed by atoms with van der Waals surface area (Å²) in [4.78, 5) is 10.5. The number of hydrogen-bond acceptors (Lipinski definition) is 2. The van der Waals surface area contributed by atoms with E-state index in [1.54, 1.807) is 0 Å². The van der Waals surface area contributed by atoms with Crippen LogP contribution in [-0.4, -0.2) is 24.5 Å². The van der Waals surface area contributed by atoms with E-state index in [4.69, 9.17) is 9.97 Å². The molecule has 0 aliphatic heterocycles. The van der Waals surface area contributed by atoms with Crippen LogP contribution in [0.3, 0.4) is 0 Å². The first-order valence-corrected chi connectivity index (χ1v) is 15.5. The Balaban J connectivity index is 1.36. The second-order valence-electron chi connectivity index (χ2n) is 10.2. The van der Waals surface area contributed by atoms with Crippen LogP contribution in [0.2, 0.25) is 0 Å². The van der Waals surface area contributed by atoms with Gasteiger partial charge in [-0.2, -0.15) is 0 Å². The molecule has 41 heavy (non-hydrogen) atoms. The summed E-state index contributed by atoms with van der Waals surface area (Å²) in [6.45, 7) is 0. The SMILES string of the molecule is c1ccc(-c2ccc(-c3nc4ccccc4nc3-c3cccc4c3[se]c3c(-c5ccccc5)cccc34)cc2)cc1. The molecule has 2 aromatic heterocycles. The molecule has 6 aromatic carbocycles. The number of benzene rings is 6. The molecule has 0 bridgehead atoms. The fraction of sp³-hybridized carbons (Fsp3) is 0. The van der Waals surface area contributed by atoms with E-state index >= 15 is 0 Å². The summed E-state index contributed by atoms with van der Waals surface area (Å²) in [5.41, 5.74) is 10.9. The number of hydrogen-bond donors (Lipinski definition) is 0. The molecule has 0 spiro atoms. The number of rotatable bonds is 4. The van der Waals surface area contributed by atoms with Crippen molar-refractivity contribution in [3.8, 4) is 44.8 Å². The Morgan fingerprint density at radius 2 is 0.829 bits per heavy atom. The zero-order valence-corrected chi connectivity index (χ0v) is 23.9. The molecule has 0 unspecified atom stereocenters. The van der Waals surface area contributed by atoms with Crippen molar-refractivity contribution in [2.24, 2.45) is 0 Å². The zero-order valence-electron chi connectivity index (χ0n) is 22.2. The third-order valence-corrected chi connectivity index (χ3v) is 10.4. The number of fused-ring (bicyclic) bond motifs is 4. The van der Waals surface area contributed by atoms with Crippen LogP contribution in [0.25, 0.3) is 75.1 Å². The van der Waals surface area contributed by atoms with E-state index in [9.17, 15) is 0 Å². The maximum absolute atomic E-state index is 5.27. The summed E-state index contributed by atoms with van der Waals surface area (Å²) in [6, 6.07) is 51.6. The molecule has 0 saturated carbocycles. The van der Waals surface area contributed by atoms with Crippen molar-refractivity contribution in [1.82, 2.24) is 9.97 Å². The van der Waals surface area contributed by atoms with Gasteiger partial charge >= 0.3 is 245 Å². The first kappa shape index (κ1) is 24.0.